The van der Waals surface area contributed by atoms with Gasteiger partial charge in [-0.05, 0) is 25.8 Å². The molecule has 1 aromatic rings. The van der Waals surface area contributed by atoms with Crippen molar-refractivity contribution in [3.05, 3.63) is 11.4 Å². The standard InChI is InChI=1S/C10H15N3O3/c1-7-9(12-16-11-7)6-13-3-2-8(5-13)4-10(14)15/h8H,2-6H2,1H3,(H,14,15). The number of nitrogens with zero attached hydrogens (tertiary/aromatic N) is 3. The number of likely N-dealkylation sites (tertiary alicyclic amines) is 1. The van der Waals surface area contributed by atoms with E-state index in [-0.39, 0.29) is 12.3 Å². The Balaban J connectivity index is 1.85. The number of aryl methyl sites for hydroxylation is 1. The average molecular weight is 225 g/mol. The zero-order valence-corrected chi connectivity index (χ0v) is 9.22. The Bertz CT molecular complexity index is 377. The second kappa shape index (κ2) is 4.61. The second-order valence-corrected chi connectivity index (χ2v) is 4.28. The minimum Gasteiger partial charge on any atom is -0.481 e. The molecule has 0 spiro atoms. The van der Waals surface area contributed by atoms with Crippen molar-refractivity contribution in [3.63, 3.8) is 0 Å². The summed E-state index contributed by atoms with van der Waals surface area (Å²) in [5.41, 5.74) is 1.65. The highest BCUT2D eigenvalue weighted by molar-refractivity contribution is 5.67. The Morgan fingerprint density at radius 2 is 2.44 bits per heavy atom. The van der Waals surface area contributed by atoms with Gasteiger partial charge < -0.3 is 5.11 Å². The van der Waals surface area contributed by atoms with Crippen molar-refractivity contribution in [2.45, 2.75) is 26.3 Å². The summed E-state index contributed by atoms with van der Waals surface area (Å²) in [6, 6.07) is 0. The minimum absolute atomic E-state index is 0.256. The minimum atomic E-state index is -0.717. The van der Waals surface area contributed by atoms with Gasteiger partial charge in [-0.3, -0.25) is 9.69 Å². The molecule has 0 aliphatic carbocycles. The molecule has 1 aliphatic heterocycles. The van der Waals surface area contributed by atoms with Gasteiger partial charge in [0.1, 0.15) is 11.4 Å². The third-order valence-electron chi connectivity index (χ3n) is 2.95. The lowest BCUT2D eigenvalue weighted by atomic mass is 10.1. The van der Waals surface area contributed by atoms with Gasteiger partial charge in [-0.15, -0.1) is 0 Å². The van der Waals surface area contributed by atoms with Crippen LogP contribution in [0, 0.1) is 12.8 Å². The molecule has 0 bridgehead atoms. The maximum Gasteiger partial charge on any atom is 0.303 e. The van der Waals surface area contributed by atoms with Gasteiger partial charge >= 0.3 is 5.97 Å². The van der Waals surface area contributed by atoms with E-state index in [4.69, 9.17) is 5.11 Å². The highest BCUT2D eigenvalue weighted by Crippen LogP contribution is 2.21. The monoisotopic (exact) mass is 225 g/mol. The Kier molecular flexibility index (Phi) is 3.19. The molecular weight excluding hydrogens is 210 g/mol. The van der Waals surface area contributed by atoms with E-state index in [0.717, 1.165) is 30.9 Å². The summed E-state index contributed by atoms with van der Waals surface area (Å²) in [4.78, 5) is 12.8. The van der Waals surface area contributed by atoms with Crippen molar-refractivity contribution in [3.8, 4) is 0 Å². The van der Waals surface area contributed by atoms with Crippen molar-refractivity contribution in [1.82, 2.24) is 15.2 Å². The van der Waals surface area contributed by atoms with E-state index in [1.54, 1.807) is 0 Å². The van der Waals surface area contributed by atoms with Crippen LogP contribution in [0.5, 0.6) is 0 Å². The molecule has 1 saturated heterocycles. The number of rotatable bonds is 4. The molecule has 0 radical (unpaired) electrons. The summed E-state index contributed by atoms with van der Waals surface area (Å²) in [7, 11) is 0. The van der Waals surface area contributed by atoms with E-state index in [1.165, 1.54) is 0 Å². The van der Waals surface area contributed by atoms with E-state index < -0.39 is 5.97 Å². The molecule has 0 amide bonds. The van der Waals surface area contributed by atoms with Crippen molar-refractivity contribution in [2.24, 2.45) is 5.92 Å². The number of carboxylic acids is 1. The van der Waals surface area contributed by atoms with Crippen molar-refractivity contribution < 1.29 is 14.5 Å². The SMILES string of the molecule is Cc1nonc1CN1CCC(CC(=O)O)C1. The van der Waals surface area contributed by atoms with Crippen LogP contribution in [0.4, 0.5) is 0 Å². The molecule has 16 heavy (non-hydrogen) atoms. The predicted molar refractivity (Wildman–Crippen MR) is 54.7 cm³/mol. The van der Waals surface area contributed by atoms with Crippen LogP contribution >= 0.6 is 0 Å². The first kappa shape index (κ1) is 11.1. The highest BCUT2D eigenvalue weighted by atomic mass is 16.6. The normalized spacial score (nSPS) is 21.4. The van der Waals surface area contributed by atoms with E-state index in [0.29, 0.717) is 6.54 Å². The van der Waals surface area contributed by atoms with Gasteiger partial charge in [-0.25, -0.2) is 4.63 Å². The summed E-state index contributed by atoms with van der Waals surface area (Å²) in [6.07, 6.45) is 1.20. The Hall–Kier alpha value is -1.43. The first-order valence-corrected chi connectivity index (χ1v) is 5.37. The third-order valence-corrected chi connectivity index (χ3v) is 2.95. The lowest BCUT2D eigenvalue weighted by molar-refractivity contribution is -0.138. The first-order chi connectivity index (χ1) is 7.65. The van der Waals surface area contributed by atoms with Gasteiger partial charge in [0.2, 0.25) is 0 Å². The molecule has 0 saturated carbocycles. The topological polar surface area (TPSA) is 79.5 Å². The van der Waals surface area contributed by atoms with Crippen LogP contribution < -0.4 is 0 Å². The summed E-state index contributed by atoms with van der Waals surface area (Å²) < 4.78 is 4.63. The average Bonchev–Trinajstić information content (AvgIpc) is 2.77. The molecular formula is C10H15N3O3. The molecule has 0 aromatic carbocycles. The van der Waals surface area contributed by atoms with Crippen molar-refractivity contribution in [1.29, 1.82) is 0 Å². The lowest BCUT2D eigenvalue weighted by Crippen LogP contribution is -2.21. The summed E-state index contributed by atoms with van der Waals surface area (Å²) in [6.45, 7) is 4.30. The van der Waals surface area contributed by atoms with Crippen molar-refractivity contribution in [2.75, 3.05) is 13.1 Å². The van der Waals surface area contributed by atoms with Crippen LogP contribution in [0.25, 0.3) is 0 Å². The largest absolute Gasteiger partial charge is 0.481 e. The Morgan fingerprint density at radius 1 is 1.62 bits per heavy atom. The maximum atomic E-state index is 10.6. The van der Waals surface area contributed by atoms with Gasteiger partial charge in [0, 0.05) is 19.5 Å². The Morgan fingerprint density at radius 3 is 3.06 bits per heavy atom. The predicted octanol–water partition coefficient (Wildman–Crippen LogP) is 0.675. The first-order valence-electron chi connectivity index (χ1n) is 5.37. The number of aromatic nitrogens is 2. The molecule has 2 heterocycles. The smallest absolute Gasteiger partial charge is 0.303 e. The number of carbonyl (C=O) groups is 1. The highest BCUT2D eigenvalue weighted by Gasteiger charge is 2.25. The zero-order chi connectivity index (χ0) is 11.5. The summed E-state index contributed by atoms with van der Waals surface area (Å²) in [5, 5.41) is 16.2. The molecule has 1 aromatic heterocycles. The number of hydrogen-bond donors (Lipinski definition) is 1. The Labute approximate surface area is 93.2 Å². The summed E-state index contributed by atoms with van der Waals surface area (Å²) >= 11 is 0. The number of hydrogen-bond acceptors (Lipinski definition) is 5. The molecule has 6 nitrogen and oxygen atoms in total. The van der Waals surface area contributed by atoms with Crippen LogP contribution in [0.15, 0.2) is 4.63 Å². The molecule has 1 N–H and O–H groups in total. The van der Waals surface area contributed by atoms with Gasteiger partial charge in [-0.1, -0.05) is 10.3 Å². The van der Waals surface area contributed by atoms with Gasteiger partial charge in [0.25, 0.3) is 0 Å². The van der Waals surface area contributed by atoms with Gasteiger partial charge in [-0.2, -0.15) is 0 Å². The quantitative estimate of drug-likeness (QED) is 0.811. The maximum absolute atomic E-state index is 10.6. The van der Waals surface area contributed by atoms with Crippen LogP contribution in [0.2, 0.25) is 0 Å². The van der Waals surface area contributed by atoms with Gasteiger partial charge in [0.05, 0.1) is 0 Å². The van der Waals surface area contributed by atoms with Crippen LogP contribution in [0.1, 0.15) is 24.2 Å². The van der Waals surface area contributed by atoms with Crippen LogP contribution in [-0.4, -0.2) is 39.4 Å². The summed E-state index contributed by atoms with van der Waals surface area (Å²) in [5.74, 6) is -0.455. The van der Waals surface area contributed by atoms with Crippen LogP contribution in [0.3, 0.4) is 0 Å². The molecule has 1 unspecified atom stereocenters. The van der Waals surface area contributed by atoms with E-state index >= 15 is 0 Å². The second-order valence-electron chi connectivity index (χ2n) is 4.28. The fourth-order valence-corrected chi connectivity index (χ4v) is 2.07. The molecule has 2 rings (SSSR count). The van der Waals surface area contributed by atoms with Gasteiger partial charge in [0.15, 0.2) is 0 Å². The number of aliphatic carboxylic acids is 1. The fraction of sp³-hybridized carbons (Fsp3) is 0.700. The van der Waals surface area contributed by atoms with E-state index in [2.05, 4.69) is 19.8 Å². The molecule has 1 aliphatic rings. The molecule has 1 atom stereocenters. The molecule has 88 valence electrons. The zero-order valence-electron chi connectivity index (χ0n) is 9.22. The molecule has 1 fully saturated rings. The van der Waals surface area contributed by atoms with E-state index in [9.17, 15) is 4.79 Å². The number of carboxylic acid groups (broad SMARTS) is 1. The lowest BCUT2D eigenvalue weighted by Gasteiger charge is -2.13. The fourth-order valence-electron chi connectivity index (χ4n) is 2.07. The molecule has 6 heteroatoms. The van der Waals surface area contributed by atoms with Crippen LogP contribution in [-0.2, 0) is 11.3 Å². The van der Waals surface area contributed by atoms with E-state index in [1.807, 2.05) is 6.92 Å². The van der Waals surface area contributed by atoms with Crippen molar-refractivity contribution >= 4 is 5.97 Å². The third kappa shape index (κ3) is 2.57.